The van der Waals surface area contributed by atoms with Crippen molar-refractivity contribution >= 4 is 5.78 Å². The van der Waals surface area contributed by atoms with Crippen LogP contribution in [0.1, 0.15) is 24.2 Å². The molecule has 0 spiro atoms. The summed E-state index contributed by atoms with van der Waals surface area (Å²) in [6.45, 7) is 5.24. The molecule has 0 saturated carbocycles. The molecule has 0 aromatic heterocycles. The van der Waals surface area contributed by atoms with Crippen molar-refractivity contribution in [1.82, 2.24) is 5.06 Å². The summed E-state index contributed by atoms with van der Waals surface area (Å²) in [5.74, 6) is 0.511. The van der Waals surface area contributed by atoms with Crippen LogP contribution in [-0.2, 0) is 9.57 Å². The number of hydrogen-bond donors (Lipinski definition) is 0. The van der Waals surface area contributed by atoms with Crippen molar-refractivity contribution < 1.29 is 14.4 Å². The number of carbonyl (C=O) groups excluding carboxylic acids is 1. The molecule has 1 aromatic carbocycles. The normalized spacial score (nSPS) is 15.8. The minimum Gasteiger partial charge on any atom is -0.479 e. The van der Waals surface area contributed by atoms with Crippen LogP contribution in [0.15, 0.2) is 42.4 Å². The Labute approximate surface area is 107 Å². The average Bonchev–Trinajstić information content (AvgIpc) is 2.38. The van der Waals surface area contributed by atoms with Gasteiger partial charge in [0.05, 0.1) is 0 Å². The molecule has 1 heterocycles. The number of hydroxylamine groups is 2. The van der Waals surface area contributed by atoms with E-state index >= 15 is 0 Å². The fourth-order valence-electron chi connectivity index (χ4n) is 1.71. The second kappa shape index (κ2) is 5.69. The molecule has 0 amide bonds. The second-order valence-corrected chi connectivity index (χ2v) is 4.62. The van der Waals surface area contributed by atoms with E-state index in [9.17, 15) is 4.79 Å². The molecule has 0 atom stereocenters. The fourth-order valence-corrected chi connectivity index (χ4v) is 1.71. The molecular weight excluding hydrogens is 230 g/mol. The van der Waals surface area contributed by atoms with Crippen LogP contribution >= 0.6 is 0 Å². The van der Waals surface area contributed by atoms with Gasteiger partial charge >= 0.3 is 0 Å². The number of ether oxygens (including phenoxy) is 1. The molecule has 4 heteroatoms. The van der Waals surface area contributed by atoms with Crippen molar-refractivity contribution in [3.63, 3.8) is 0 Å². The number of carbonyl (C=O) groups is 1. The third-order valence-corrected chi connectivity index (χ3v) is 2.46. The molecule has 1 aliphatic rings. The smallest absolute Gasteiger partial charge is 0.233 e. The lowest BCUT2D eigenvalue weighted by Gasteiger charge is -2.27. The van der Waals surface area contributed by atoms with Gasteiger partial charge < -0.3 is 9.57 Å². The Hall–Kier alpha value is -1.81. The van der Waals surface area contributed by atoms with Crippen molar-refractivity contribution in [2.24, 2.45) is 5.92 Å². The lowest BCUT2D eigenvalue weighted by Crippen LogP contribution is -2.34. The minimum absolute atomic E-state index is 0.163. The van der Waals surface area contributed by atoms with E-state index in [1.54, 1.807) is 17.2 Å². The van der Waals surface area contributed by atoms with Crippen LogP contribution in [0, 0.1) is 5.92 Å². The Balaban J connectivity index is 2.05. The summed E-state index contributed by atoms with van der Waals surface area (Å²) in [5.41, 5.74) is 0.596. The van der Waals surface area contributed by atoms with E-state index in [0.717, 1.165) is 6.54 Å². The van der Waals surface area contributed by atoms with Gasteiger partial charge in [-0.15, -0.1) is 5.06 Å². The van der Waals surface area contributed by atoms with E-state index < -0.39 is 0 Å². The van der Waals surface area contributed by atoms with Crippen molar-refractivity contribution in [2.75, 3.05) is 13.3 Å². The molecule has 0 N–H and O–H groups in total. The van der Waals surface area contributed by atoms with Crippen LogP contribution in [0.3, 0.4) is 0 Å². The highest BCUT2D eigenvalue weighted by Gasteiger charge is 2.22. The van der Waals surface area contributed by atoms with E-state index in [1.165, 1.54) is 6.26 Å². The number of ketones is 1. The first-order valence-corrected chi connectivity index (χ1v) is 6.01. The first kappa shape index (κ1) is 12.6. The van der Waals surface area contributed by atoms with E-state index in [2.05, 4.69) is 13.8 Å². The van der Waals surface area contributed by atoms with Gasteiger partial charge in [-0.25, -0.2) is 0 Å². The van der Waals surface area contributed by atoms with Gasteiger partial charge in [-0.1, -0.05) is 44.2 Å². The van der Waals surface area contributed by atoms with Gasteiger partial charge in [-0.2, -0.15) is 0 Å². The monoisotopic (exact) mass is 247 g/mol. The number of rotatable bonds is 4. The zero-order chi connectivity index (χ0) is 13.0. The van der Waals surface area contributed by atoms with E-state index in [1.807, 2.05) is 18.2 Å². The standard InChI is InChI=1S/C14H17NO3/c1-11(2)8-15-10-17-9-13(18-15)14(16)12-6-4-3-5-7-12/h3-7,9,11H,8,10H2,1-2H3. The molecule has 0 saturated heterocycles. The molecule has 0 bridgehead atoms. The topological polar surface area (TPSA) is 38.8 Å². The predicted molar refractivity (Wildman–Crippen MR) is 67.4 cm³/mol. The Bertz CT molecular complexity index is 440. The van der Waals surface area contributed by atoms with Gasteiger partial charge in [0, 0.05) is 12.1 Å². The predicted octanol–water partition coefficient (Wildman–Crippen LogP) is 2.59. The Morgan fingerprint density at radius 3 is 2.72 bits per heavy atom. The van der Waals surface area contributed by atoms with Crippen LogP contribution in [0.2, 0.25) is 0 Å². The minimum atomic E-state index is -0.163. The van der Waals surface area contributed by atoms with Crippen molar-refractivity contribution in [1.29, 1.82) is 0 Å². The number of nitrogens with zero attached hydrogens (tertiary/aromatic N) is 1. The molecule has 1 aromatic rings. The highest BCUT2D eigenvalue weighted by Crippen LogP contribution is 2.16. The quantitative estimate of drug-likeness (QED) is 0.767. The molecule has 96 valence electrons. The molecule has 0 unspecified atom stereocenters. The molecular formula is C14H17NO3. The Kier molecular flexibility index (Phi) is 3.99. The van der Waals surface area contributed by atoms with Gasteiger partial charge in [0.15, 0.2) is 6.73 Å². The molecule has 0 fully saturated rings. The third-order valence-electron chi connectivity index (χ3n) is 2.46. The number of allylic oxidation sites excluding steroid dienone is 1. The average molecular weight is 247 g/mol. The highest BCUT2D eigenvalue weighted by atomic mass is 16.7. The van der Waals surface area contributed by atoms with Gasteiger partial charge in [-0.05, 0) is 5.92 Å². The molecule has 2 rings (SSSR count). The first-order valence-electron chi connectivity index (χ1n) is 6.01. The number of benzene rings is 1. The van der Waals surface area contributed by atoms with Gasteiger partial charge in [-0.3, -0.25) is 4.79 Å². The van der Waals surface area contributed by atoms with Gasteiger partial charge in [0.25, 0.3) is 0 Å². The summed E-state index contributed by atoms with van der Waals surface area (Å²) >= 11 is 0. The maximum Gasteiger partial charge on any atom is 0.233 e. The molecule has 18 heavy (non-hydrogen) atoms. The maximum absolute atomic E-state index is 12.1. The van der Waals surface area contributed by atoms with E-state index in [4.69, 9.17) is 9.57 Å². The summed E-state index contributed by atoms with van der Waals surface area (Å²) in [6, 6.07) is 9.03. The summed E-state index contributed by atoms with van der Waals surface area (Å²) < 4.78 is 5.26. The van der Waals surface area contributed by atoms with Crippen molar-refractivity contribution in [3.05, 3.63) is 47.9 Å². The maximum atomic E-state index is 12.1. The third kappa shape index (κ3) is 3.11. The summed E-state index contributed by atoms with van der Waals surface area (Å²) in [7, 11) is 0. The van der Waals surface area contributed by atoms with Gasteiger partial charge in [0.1, 0.15) is 6.26 Å². The second-order valence-electron chi connectivity index (χ2n) is 4.62. The highest BCUT2D eigenvalue weighted by molar-refractivity contribution is 6.07. The zero-order valence-corrected chi connectivity index (χ0v) is 10.6. The largest absolute Gasteiger partial charge is 0.479 e. The van der Waals surface area contributed by atoms with Crippen LogP contribution in [0.25, 0.3) is 0 Å². The molecule has 4 nitrogen and oxygen atoms in total. The van der Waals surface area contributed by atoms with Crippen LogP contribution < -0.4 is 0 Å². The van der Waals surface area contributed by atoms with Crippen molar-refractivity contribution in [2.45, 2.75) is 13.8 Å². The SMILES string of the molecule is CC(C)CN1COC=C(C(=O)c2ccccc2)O1. The van der Waals surface area contributed by atoms with Crippen molar-refractivity contribution in [3.8, 4) is 0 Å². The Morgan fingerprint density at radius 2 is 2.06 bits per heavy atom. The summed E-state index contributed by atoms with van der Waals surface area (Å²) in [5, 5.41) is 1.65. The fraction of sp³-hybridized carbons (Fsp3) is 0.357. The lowest BCUT2D eigenvalue weighted by molar-refractivity contribution is -0.189. The van der Waals surface area contributed by atoms with Crippen LogP contribution in [0.4, 0.5) is 0 Å². The summed E-state index contributed by atoms with van der Waals surface area (Å²) in [6.07, 6.45) is 1.38. The number of hydrogen-bond acceptors (Lipinski definition) is 4. The van der Waals surface area contributed by atoms with Crippen LogP contribution in [-0.4, -0.2) is 24.1 Å². The van der Waals surface area contributed by atoms with Gasteiger partial charge in [0.2, 0.25) is 11.5 Å². The lowest BCUT2D eigenvalue weighted by atomic mass is 10.1. The first-order chi connectivity index (χ1) is 8.66. The zero-order valence-electron chi connectivity index (χ0n) is 10.6. The number of Topliss-reactive ketones (excluding diaryl/α,β-unsaturated/α-hetero) is 1. The summed E-state index contributed by atoms with van der Waals surface area (Å²) in [4.78, 5) is 17.7. The van der Waals surface area contributed by atoms with E-state index in [0.29, 0.717) is 18.2 Å². The molecule has 0 radical (unpaired) electrons. The Morgan fingerprint density at radius 1 is 1.33 bits per heavy atom. The van der Waals surface area contributed by atoms with Crippen LogP contribution in [0.5, 0.6) is 0 Å². The van der Waals surface area contributed by atoms with E-state index in [-0.39, 0.29) is 11.5 Å². The molecule has 0 aliphatic carbocycles. The molecule has 1 aliphatic heterocycles.